The standard InChI is InChI=1S/C24H33FN4O3.HI/c1-24(2,3)32-23(31)29(5)15-18-8-6-17(7-9-18)13-27-22(26-4)28-14-19-10-11-21(25)20(12-19)16-30;/h6-12,30H,13-16H2,1-5H3,(H2,26,27,28);1H. The van der Waals surface area contributed by atoms with Crippen LogP contribution in [0.1, 0.15) is 43.0 Å². The Balaban J connectivity index is 0.00000544. The van der Waals surface area contributed by atoms with E-state index in [-0.39, 0.29) is 42.2 Å². The molecular formula is C24H34FIN4O3. The summed E-state index contributed by atoms with van der Waals surface area (Å²) in [4.78, 5) is 17.8. The SMILES string of the molecule is CN=C(NCc1ccc(CN(C)C(=O)OC(C)(C)C)cc1)NCc1ccc(F)c(CO)c1.I. The van der Waals surface area contributed by atoms with Crippen molar-refractivity contribution < 1.29 is 19.0 Å². The maximum atomic E-state index is 13.5. The number of carbonyl (C=O) groups is 1. The lowest BCUT2D eigenvalue weighted by Crippen LogP contribution is -2.36. The Morgan fingerprint density at radius 2 is 1.61 bits per heavy atom. The van der Waals surface area contributed by atoms with E-state index < -0.39 is 11.4 Å². The average Bonchev–Trinajstić information content (AvgIpc) is 2.74. The number of guanidine groups is 1. The summed E-state index contributed by atoms with van der Waals surface area (Å²) in [6, 6.07) is 12.6. The summed E-state index contributed by atoms with van der Waals surface area (Å²) in [5, 5.41) is 15.6. The van der Waals surface area contributed by atoms with Gasteiger partial charge in [-0.2, -0.15) is 0 Å². The van der Waals surface area contributed by atoms with E-state index in [1.807, 2.05) is 45.0 Å². The highest BCUT2D eigenvalue weighted by molar-refractivity contribution is 14.0. The number of hydrogen-bond acceptors (Lipinski definition) is 4. The van der Waals surface area contributed by atoms with Crippen molar-refractivity contribution in [2.24, 2.45) is 4.99 Å². The molecule has 1 amide bonds. The molecule has 0 spiro atoms. The molecule has 0 aromatic heterocycles. The second kappa shape index (κ2) is 13.3. The van der Waals surface area contributed by atoms with Crippen LogP contribution in [0.2, 0.25) is 0 Å². The lowest BCUT2D eigenvalue weighted by molar-refractivity contribution is 0.0285. The van der Waals surface area contributed by atoms with Crippen LogP contribution >= 0.6 is 24.0 Å². The molecule has 0 heterocycles. The van der Waals surface area contributed by atoms with Crippen LogP contribution in [0.25, 0.3) is 0 Å². The number of carbonyl (C=O) groups excluding carboxylic acids is 1. The molecule has 0 aliphatic carbocycles. The molecule has 0 atom stereocenters. The third kappa shape index (κ3) is 9.95. The predicted octanol–water partition coefficient (Wildman–Crippen LogP) is 4.17. The van der Waals surface area contributed by atoms with Gasteiger partial charge in [-0.25, -0.2) is 9.18 Å². The summed E-state index contributed by atoms with van der Waals surface area (Å²) >= 11 is 0. The van der Waals surface area contributed by atoms with Gasteiger partial charge in [0.15, 0.2) is 5.96 Å². The lowest BCUT2D eigenvalue weighted by atomic mass is 10.1. The summed E-state index contributed by atoms with van der Waals surface area (Å²) in [6.07, 6.45) is -0.356. The predicted molar refractivity (Wildman–Crippen MR) is 139 cm³/mol. The third-order valence-electron chi connectivity index (χ3n) is 4.57. The molecule has 0 radical (unpaired) electrons. The molecule has 2 rings (SSSR count). The number of aliphatic hydroxyl groups is 1. The number of ether oxygens (including phenoxy) is 1. The second-order valence-electron chi connectivity index (χ2n) is 8.52. The van der Waals surface area contributed by atoms with Gasteiger partial charge in [0.1, 0.15) is 11.4 Å². The normalized spacial score (nSPS) is 11.4. The zero-order valence-corrected chi connectivity index (χ0v) is 22.1. The lowest BCUT2D eigenvalue weighted by Gasteiger charge is -2.24. The first-order valence-electron chi connectivity index (χ1n) is 10.5. The molecule has 2 aromatic carbocycles. The number of aliphatic hydroxyl groups excluding tert-OH is 1. The molecule has 0 saturated carbocycles. The van der Waals surface area contributed by atoms with Gasteiger partial charge < -0.3 is 25.4 Å². The van der Waals surface area contributed by atoms with Crippen molar-refractivity contribution in [2.75, 3.05) is 14.1 Å². The summed E-state index contributed by atoms with van der Waals surface area (Å²) < 4.78 is 18.9. The van der Waals surface area contributed by atoms with E-state index in [9.17, 15) is 14.3 Å². The van der Waals surface area contributed by atoms with Gasteiger partial charge in [-0.15, -0.1) is 24.0 Å². The molecule has 7 nitrogen and oxygen atoms in total. The highest BCUT2D eigenvalue weighted by Gasteiger charge is 2.19. The fraction of sp³-hybridized carbons (Fsp3) is 0.417. The topological polar surface area (TPSA) is 86.2 Å². The van der Waals surface area contributed by atoms with Crippen LogP contribution < -0.4 is 10.6 Å². The van der Waals surface area contributed by atoms with Gasteiger partial charge in [0.05, 0.1) is 6.61 Å². The maximum Gasteiger partial charge on any atom is 0.410 e. The van der Waals surface area contributed by atoms with Gasteiger partial charge in [-0.05, 0) is 49.6 Å². The Kier molecular flexibility index (Phi) is 11.6. The number of benzene rings is 2. The maximum absolute atomic E-state index is 13.5. The monoisotopic (exact) mass is 572 g/mol. The third-order valence-corrected chi connectivity index (χ3v) is 4.57. The van der Waals surface area contributed by atoms with Crippen molar-refractivity contribution in [1.29, 1.82) is 0 Å². The Labute approximate surface area is 212 Å². The van der Waals surface area contributed by atoms with Gasteiger partial charge in [0.25, 0.3) is 0 Å². The smallest absolute Gasteiger partial charge is 0.410 e. The van der Waals surface area contributed by atoms with Gasteiger partial charge in [0, 0.05) is 39.3 Å². The number of rotatable bonds is 7. The summed E-state index contributed by atoms with van der Waals surface area (Å²) in [6.45, 7) is 6.66. The largest absolute Gasteiger partial charge is 0.444 e. The molecule has 0 fully saturated rings. The number of amides is 1. The quantitative estimate of drug-likeness (QED) is 0.264. The fourth-order valence-corrected chi connectivity index (χ4v) is 2.89. The number of aliphatic imine (C=N–C) groups is 1. The molecule has 9 heteroatoms. The van der Waals surface area contributed by atoms with Crippen LogP contribution in [0, 0.1) is 5.82 Å². The molecule has 0 bridgehead atoms. The van der Waals surface area contributed by atoms with E-state index >= 15 is 0 Å². The molecule has 0 unspecified atom stereocenters. The summed E-state index contributed by atoms with van der Waals surface area (Å²) in [5.74, 6) is 0.188. The van der Waals surface area contributed by atoms with Crippen molar-refractivity contribution in [3.63, 3.8) is 0 Å². The Morgan fingerprint density at radius 1 is 1.06 bits per heavy atom. The molecule has 3 N–H and O–H groups in total. The highest BCUT2D eigenvalue weighted by atomic mass is 127. The molecule has 0 saturated heterocycles. The van der Waals surface area contributed by atoms with E-state index in [0.29, 0.717) is 25.6 Å². The summed E-state index contributed by atoms with van der Waals surface area (Å²) in [7, 11) is 3.39. The van der Waals surface area contributed by atoms with Crippen LogP contribution in [-0.2, 0) is 31.0 Å². The van der Waals surface area contributed by atoms with Crippen LogP contribution in [-0.4, -0.2) is 41.8 Å². The van der Waals surface area contributed by atoms with Crippen molar-refractivity contribution in [2.45, 2.75) is 52.6 Å². The van der Waals surface area contributed by atoms with Gasteiger partial charge in [-0.3, -0.25) is 4.99 Å². The van der Waals surface area contributed by atoms with E-state index in [1.165, 1.54) is 6.07 Å². The molecule has 0 aliphatic heterocycles. The second-order valence-corrected chi connectivity index (χ2v) is 8.52. The molecule has 2 aromatic rings. The first-order valence-corrected chi connectivity index (χ1v) is 10.5. The van der Waals surface area contributed by atoms with E-state index in [1.54, 1.807) is 31.1 Å². The fourth-order valence-electron chi connectivity index (χ4n) is 2.89. The van der Waals surface area contributed by atoms with Crippen molar-refractivity contribution in [1.82, 2.24) is 15.5 Å². The molecule has 182 valence electrons. The minimum atomic E-state index is -0.523. The van der Waals surface area contributed by atoms with E-state index in [4.69, 9.17) is 4.74 Å². The minimum Gasteiger partial charge on any atom is -0.444 e. The van der Waals surface area contributed by atoms with Crippen LogP contribution in [0.5, 0.6) is 0 Å². The number of nitrogens with one attached hydrogen (secondary N) is 2. The number of hydrogen-bond donors (Lipinski definition) is 3. The van der Waals surface area contributed by atoms with Crippen molar-refractivity contribution in [3.8, 4) is 0 Å². The van der Waals surface area contributed by atoms with E-state index in [2.05, 4.69) is 15.6 Å². The Bertz CT molecular complexity index is 930. The highest BCUT2D eigenvalue weighted by Crippen LogP contribution is 2.13. The van der Waals surface area contributed by atoms with Crippen LogP contribution in [0.15, 0.2) is 47.5 Å². The first kappa shape index (κ1) is 28.6. The van der Waals surface area contributed by atoms with Crippen molar-refractivity contribution >= 4 is 36.0 Å². The Morgan fingerprint density at radius 3 is 2.15 bits per heavy atom. The van der Waals surface area contributed by atoms with Crippen LogP contribution in [0.4, 0.5) is 9.18 Å². The first-order chi connectivity index (χ1) is 15.1. The van der Waals surface area contributed by atoms with Gasteiger partial charge in [-0.1, -0.05) is 30.3 Å². The van der Waals surface area contributed by atoms with Crippen LogP contribution in [0.3, 0.4) is 0 Å². The molecule has 0 aliphatic rings. The zero-order valence-electron chi connectivity index (χ0n) is 19.8. The number of nitrogens with zero attached hydrogens (tertiary/aromatic N) is 2. The number of halogens is 2. The Hall–Kier alpha value is -2.40. The van der Waals surface area contributed by atoms with Gasteiger partial charge >= 0.3 is 6.09 Å². The van der Waals surface area contributed by atoms with E-state index in [0.717, 1.165) is 16.7 Å². The van der Waals surface area contributed by atoms with Gasteiger partial charge in [0.2, 0.25) is 0 Å². The summed E-state index contributed by atoms with van der Waals surface area (Å²) in [5.41, 5.74) is 2.65. The average molecular weight is 572 g/mol. The molecule has 33 heavy (non-hydrogen) atoms. The minimum absolute atomic E-state index is 0. The van der Waals surface area contributed by atoms with Crippen molar-refractivity contribution in [3.05, 3.63) is 70.5 Å². The zero-order chi connectivity index (χ0) is 23.7. The molecular weight excluding hydrogens is 538 g/mol.